The lowest BCUT2D eigenvalue weighted by molar-refractivity contribution is -0.120. The monoisotopic (exact) mass is 488 g/mol. The van der Waals surface area contributed by atoms with Crippen LogP contribution in [0.5, 0.6) is 5.75 Å². The summed E-state index contributed by atoms with van der Waals surface area (Å²) < 4.78 is 25.9. The van der Waals surface area contributed by atoms with Crippen molar-refractivity contribution in [2.45, 2.75) is 59.3 Å². The van der Waals surface area contributed by atoms with Gasteiger partial charge >= 0.3 is 5.97 Å². The summed E-state index contributed by atoms with van der Waals surface area (Å²) in [5.41, 5.74) is 1.03. The average Bonchev–Trinajstić information content (AvgIpc) is 2.76. The standard InChI is InChI=1S/C30H29FO5/c1-29(2)13-21(32)26-23(15-29)36-24-16-30(3,4)14-22(33)27(24)25(26)17-8-7-9-18(12-17)35-28(34)19-10-5-6-11-20(19)31/h5-12,25H,13-16H2,1-4H3. The first kappa shape index (κ1) is 24.2. The van der Waals surface area contributed by atoms with Crippen LogP contribution in [0.3, 0.4) is 0 Å². The molecule has 0 unspecified atom stereocenters. The third-order valence-corrected chi connectivity index (χ3v) is 7.08. The van der Waals surface area contributed by atoms with E-state index < -0.39 is 17.7 Å². The summed E-state index contributed by atoms with van der Waals surface area (Å²) in [5, 5.41) is 0. The highest BCUT2D eigenvalue weighted by atomic mass is 19.1. The summed E-state index contributed by atoms with van der Waals surface area (Å²) in [7, 11) is 0. The van der Waals surface area contributed by atoms with E-state index >= 15 is 0 Å². The van der Waals surface area contributed by atoms with Gasteiger partial charge in [-0.3, -0.25) is 9.59 Å². The molecule has 0 amide bonds. The second-order valence-corrected chi connectivity index (χ2v) is 11.5. The number of rotatable bonds is 3. The zero-order valence-corrected chi connectivity index (χ0v) is 20.9. The van der Waals surface area contributed by atoms with Gasteiger partial charge in [-0.15, -0.1) is 0 Å². The van der Waals surface area contributed by atoms with Gasteiger partial charge in [-0.05, 0) is 40.7 Å². The maximum atomic E-state index is 14.1. The van der Waals surface area contributed by atoms with Gasteiger partial charge in [-0.25, -0.2) is 9.18 Å². The Kier molecular flexibility index (Phi) is 5.73. The normalized spacial score (nSPS) is 21.0. The minimum Gasteiger partial charge on any atom is -0.465 e. The fourth-order valence-electron chi connectivity index (χ4n) is 5.55. The smallest absolute Gasteiger partial charge is 0.346 e. The largest absolute Gasteiger partial charge is 0.465 e. The number of halogens is 1. The first-order valence-corrected chi connectivity index (χ1v) is 12.2. The number of ether oxygens (including phenoxy) is 2. The third kappa shape index (κ3) is 4.41. The summed E-state index contributed by atoms with van der Waals surface area (Å²) >= 11 is 0. The van der Waals surface area contributed by atoms with E-state index in [4.69, 9.17) is 9.47 Å². The highest BCUT2D eigenvalue weighted by Gasteiger charge is 2.47. The van der Waals surface area contributed by atoms with Crippen LogP contribution in [-0.2, 0) is 14.3 Å². The molecule has 2 aromatic rings. The van der Waals surface area contributed by atoms with Gasteiger partial charge < -0.3 is 9.47 Å². The highest BCUT2D eigenvalue weighted by molar-refractivity contribution is 6.06. The molecule has 5 nitrogen and oxygen atoms in total. The molecule has 0 atom stereocenters. The summed E-state index contributed by atoms with van der Waals surface area (Å²) in [4.78, 5) is 39.5. The number of hydrogen-bond donors (Lipinski definition) is 0. The lowest BCUT2D eigenvalue weighted by Crippen LogP contribution is -2.37. The molecule has 6 heteroatoms. The molecule has 0 spiro atoms. The van der Waals surface area contributed by atoms with Gasteiger partial charge in [0.1, 0.15) is 23.1 Å². The van der Waals surface area contributed by atoms with Crippen LogP contribution in [0.1, 0.15) is 75.2 Å². The van der Waals surface area contributed by atoms with Crippen molar-refractivity contribution in [3.05, 3.63) is 88.1 Å². The second kappa shape index (κ2) is 8.54. The molecule has 186 valence electrons. The van der Waals surface area contributed by atoms with Crippen LogP contribution in [0.25, 0.3) is 0 Å². The number of carbonyl (C=O) groups is 3. The van der Waals surface area contributed by atoms with Crippen LogP contribution in [0.2, 0.25) is 0 Å². The maximum Gasteiger partial charge on any atom is 0.346 e. The van der Waals surface area contributed by atoms with Gasteiger partial charge in [0.15, 0.2) is 11.6 Å². The fourth-order valence-corrected chi connectivity index (χ4v) is 5.55. The summed E-state index contributed by atoms with van der Waals surface area (Å²) in [6, 6.07) is 12.4. The molecule has 5 rings (SSSR count). The quantitative estimate of drug-likeness (QED) is 0.367. The Bertz CT molecular complexity index is 1310. The number of ketones is 2. The Balaban J connectivity index is 1.58. The van der Waals surface area contributed by atoms with E-state index in [0.29, 0.717) is 53.9 Å². The Morgan fingerprint density at radius 1 is 0.861 bits per heavy atom. The van der Waals surface area contributed by atoms with Crippen molar-refractivity contribution in [2.75, 3.05) is 0 Å². The van der Waals surface area contributed by atoms with Crippen LogP contribution < -0.4 is 4.74 Å². The van der Waals surface area contributed by atoms with E-state index in [2.05, 4.69) is 0 Å². The van der Waals surface area contributed by atoms with Gasteiger partial charge in [0.2, 0.25) is 0 Å². The van der Waals surface area contributed by atoms with Gasteiger partial charge in [-0.2, -0.15) is 0 Å². The number of esters is 1. The van der Waals surface area contributed by atoms with Gasteiger partial charge in [0, 0.05) is 42.7 Å². The molecule has 0 saturated carbocycles. The number of carbonyl (C=O) groups excluding carboxylic acids is 3. The number of allylic oxidation sites excluding steroid dienone is 4. The van der Waals surface area contributed by atoms with Crippen molar-refractivity contribution in [3.63, 3.8) is 0 Å². The van der Waals surface area contributed by atoms with Gasteiger partial charge in [0.05, 0.1) is 5.56 Å². The Labute approximate surface area is 210 Å². The topological polar surface area (TPSA) is 69.7 Å². The van der Waals surface area contributed by atoms with Crippen LogP contribution in [0.4, 0.5) is 4.39 Å². The number of hydrogen-bond acceptors (Lipinski definition) is 5. The van der Waals surface area contributed by atoms with Crippen LogP contribution in [0, 0.1) is 16.6 Å². The van der Waals surface area contributed by atoms with Crippen molar-refractivity contribution in [2.24, 2.45) is 10.8 Å². The predicted octanol–water partition coefficient (Wildman–Crippen LogP) is 6.45. The molecule has 3 aliphatic rings. The molecule has 2 aromatic carbocycles. The molecule has 0 saturated heterocycles. The lowest BCUT2D eigenvalue weighted by atomic mass is 9.65. The van der Waals surface area contributed by atoms with E-state index in [1.165, 1.54) is 18.2 Å². The molecular weight excluding hydrogens is 459 g/mol. The Morgan fingerprint density at radius 2 is 1.44 bits per heavy atom. The molecule has 0 bridgehead atoms. The van der Waals surface area contributed by atoms with Gasteiger partial charge in [0.25, 0.3) is 0 Å². The molecule has 0 fully saturated rings. The summed E-state index contributed by atoms with van der Waals surface area (Å²) in [6.07, 6.45) is 1.90. The predicted molar refractivity (Wildman–Crippen MR) is 132 cm³/mol. The molecule has 36 heavy (non-hydrogen) atoms. The number of Topliss-reactive ketones (excluding diaryl/α,β-unsaturated/α-hetero) is 2. The van der Waals surface area contributed by atoms with E-state index in [-0.39, 0.29) is 33.7 Å². The minimum absolute atomic E-state index is 0.0378. The van der Waals surface area contributed by atoms with Crippen molar-refractivity contribution in [1.82, 2.24) is 0 Å². The van der Waals surface area contributed by atoms with Crippen molar-refractivity contribution < 1.29 is 28.2 Å². The summed E-state index contributed by atoms with van der Waals surface area (Å²) in [6.45, 7) is 8.15. The Hall–Kier alpha value is -3.54. The zero-order valence-electron chi connectivity index (χ0n) is 20.9. The molecular formula is C30H29FO5. The van der Waals surface area contributed by atoms with Crippen molar-refractivity contribution in [1.29, 1.82) is 0 Å². The highest BCUT2D eigenvalue weighted by Crippen LogP contribution is 2.53. The van der Waals surface area contributed by atoms with E-state index in [0.717, 1.165) is 0 Å². The minimum atomic E-state index is -0.817. The molecule has 2 aliphatic carbocycles. The molecule has 0 radical (unpaired) electrons. The van der Waals surface area contributed by atoms with E-state index in [1.54, 1.807) is 24.3 Å². The Morgan fingerprint density at radius 3 is 2.03 bits per heavy atom. The molecule has 0 aromatic heterocycles. The second-order valence-electron chi connectivity index (χ2n) is 11.5. The first-order valence-electron chi connectivity index (χ1n) is 12.2. The van der Waals surface area contributed by atoms with Crippen LogP contribution in [-0.4, -0.2) is 17.5 Å². The third-order valence-electron chi connectivity index (χ3n) is 7.08. The first-order chi connectivity index (χ1) is 16.9. The maximum absolute atomic E-state index is 14.1. The molecule has 1 heterocycles. The lowest BCUT2D eigenvalue weighted by Gasteiger charge is -2.42. The fraction of sp³-hybridized carbons (Fsp3) is 0.367. The summed E-state index contributed by atoms with van der Waals surface area (Å²) in [5.74, 6) is -0.694. The molecule has 1 aliphatic heterocycles. The van der Waals surface area contributed by atoms with Crippen molar-refractivity contribution in [3.8, 4) is 5.75 Å². The SMILES string of the molecule is CC1(C)CC(=O)C2=C(C1)OC1=C(C(=O)CC(C)(C)C1)C2c1cccc(OC(=O)c2ccccc2F)c1. The zero-order chi connectivity index (χ0) is 25.8. The van der Waals surface area contributed by atoms with E-state index in [9.17, 15) is 18.8 Å². The number of benzene rings is 2. The van der Waals surface area contributed by atoms with E-state index in [1.807, 2.05) is 33.8 Å². The van der Waals surface area contributed by atoms with Crippen LogP contribution >= 0.6 is 0 Å². The van der Waals surface area contributed by atoms with Gasteiger partial charge in [-0.1, -0.05) is 52.0 Å². The molecule has 0 N–H and O–H groups in total. The van der Waals surface area contributed by atoms with Crippen LogP contribution in [0.15, 0.2) is 71.2 Å². The van der Waals surface area contributed by atoms with Crippen molar-refractivity contribution >= 4 is 17.5 Å². The average molecular weight is 489 g/mol.